The number of sulfonamides is 1. The molecule has 2 rings (SSSR count). The van der Waals surface area contributed by atoms with Crippen molar-refractivity contribution >= 4 is 10.0 Å². The van der Waals surface area contributed by atoms with Gasteiger partial charge in [-0.15, -0.1) is 0 Å². The van der Waals surface area contributed by atoms with E-state index in [-0.39, 0.29) is 12.0 Å². The topological polar surface area (TPSA) is 63.4 Å². The van der Waals surface area contributed by atoms with Gasteiger partial charge in [0.25, 0.3) is 0 Å². The zero-order chi connectivity index (χ0) is 14.9. The number of piperidine rings is 1. The van der Waals surface area contributed by atoms with Crippen molar-refractivity contribution in [3.8, 4) is 0 Å². The van der Waals surface area contributed by atoms with E-state index in [9.17, 15) is 8.42 Å². The average molecular weight is 296 g/mol. The smallest absolute Gasteiger partial charge is 0.243 e. The number of nitrogens with two attached hydrogens (primary N) is 1. The van der Waals surface area contributed by atoms with Crippen LogP contribution in [-0.4, -0.2) is 31.9 Å². The van der Waals surface area contributed by atoms with Crippen molar-refractivity contribution in [3.05, 3.63) is 29.3 Å². The Morgan fingerprint density at radius 3 is 2.65 bits per heavy atom. The Balaban J connectivity index is 2.40. The van der Waals surface area contributed by atoms with E-state index < -0.39 is 10.0 Å². The van der Waals surface area contributed by atoms with E-state index in [1.165, 1.54) is 0 Å². The third-order valence-corrected chi connectivity index (χ3v) is 6.31. The Bertz CT molecular complexity index is 584. The summed E-state index contributed by atoms with van der Waals surface area (Å²) in [7, 11) is -3.43. The minimum Gasteiger partial charge on any atom is -0.330 e. The molecule has 0 bridgehead atoms. The van der Waals surface area contributed by atoms with Crippen LogP contribution in [0.5, 0.6) is 0 Å². The molecule has 0 amide bonds. The van der Waals surface area contributed by atoms with Gasteiger partial charge in [0.05, 0.1) is 4.90 Å². The first-order chi connectivity index (χ1) is 9.36. The summed E-state index contributed by atoms with van der Waals surface area (Å²) < 4.78 is 27.5. The van der Waals surface area contributed by atoms with E-state index in [0.717, 1.165) is 24.0 Å². The Labute approximate surface area is 122 Å². The monoisotopic (exact) mass is 296 g/mol. The van der Waals surface area contributed by atoms with E-state index in [1.807, 2.05) is 32.9 Å². The van der Waals surface area contributed by atoms with Crippen LogP contribution in [0.3, 0.4) is 0 Å². The number of nitrogens with zero attached hydrogens (tertiary/aromatic N) is 1. The van der Waals surface area contributed by atoms with Gasteiger partial charge in [-0.25, -0.2) is 8.42 Å². The van der Waals surface area contributed by atoms with Crippen molar-refractivity contribution in [1.82, 2.24) is 4.31 Å². The predicted octanol–water partition coefficient (Wildman–Crippen LogP) is 2.05. The molecule has 2 N–H and O–H groups in total. The second kappa shape index (κ2) is 5.84. The molecular formula is C15H24N2O2S. The maximum atomic E-state index is 12.9. The normalized spacial score (nSPS) is 24.8. The molecule has 20 heavy (non-hydrogen) atoms. The summed E-state index contributed by atoms with van der Waals surface area (Å²) in [5, 5.41) is 0. The van der Waals surface area contributed by atoms with Gasteiger partial charge in [0.2, 0.25) is 10.0 Å². The van der Waals surface area contributed by atoms with Gasteiger partial charge in [0, 0.05) is 12.6 Å². The lowest BCUT2D eigenvalue weighted by atomic mass is 9.96. The fourth-order valence-corrected chi connectivity index (χ4v) is 4.83. The minimum atomic E-state index is -3.43. The summed E-state index contributed by atoms with van der Waals surface area (Å²) in [4.78, 5) is 0.432. The van der Waals surface area contributed by atoms with Crippen LogP contribution in [0, 0.1) is 19.8 Å². The lowest BCUT2D eigenvalue weighted by Crippen LogP contribution is -2.47. The quantitative estimate of drug-likeness (QED) is 0.928. The highest BCUT2D eigenvalue weighted by molar-refractivity contribution is 7.89. The fourth-order valence-electron chi connectivity index (χ4n) is 2.79. The largest absolute Gasteiger partial charge is 0.330 e. The van der Waals surface area contributed by atoms with Gasteiger partial charge in [0.1, 0.15) is 0 Å². The average Bonchev–Trinajstić information content (AvgIpc) is 2.41. The lowest BCUT2D eigenvalue weighted by molar-refractivity contribution is 0.211. The highest BCUT2D eigenvalue weighted by atomic mass is 32.2. The van der Waals surface area contributed by atoms with Gasteiger partial charge in [-0.2, -0.15) is 4.31 Å². The van der Waals surface area contributed by atoms with Crippen molar-refractivity contribution in [1.29, 1.82) is 0 Å². The van der Waals surface area contributed by atoms with E-state index in [2.05, 4.69) is 0 Å². The van der Waals surface area contributed by atoms with Crippen LogP contribution >= 0.6 is 0 Å². The molecule has 0 aliphatic carbocycles. The molecule has 1 aliphatic rings. The van der Waals surface area contributed by atoms with Crippen LogP contribution in [0.15, 0.2) is 23.1 Å². The molecule has 1 heterocycles. The molecule has 0 spiro atoms. The second-order valence-corrected chi connectivity index (χ2v) is 7.73. The number of rotatable bonds is 3. The first kappa shape index (κ1) is 15.5. The summed E-state index contributed by atoms with van der Waals surface area (Å²) in [6.45, 7) is 6.83. The van der Waals surface area contributed by atoms with Gasteiger partial charge in [0.15, 0.2) is 0 Å². The standard InChI is InChI=1S/C15H24N2O2S/c1-11-4-5-12(2)15(8-11)20(18,19)17-10-14(9-16)7-6-13(17)3/h4-5,8,13-14H,6-7,9-10,16H2,1-3H3. The van der Waals surface area contributed by atoms with E-state index in [0.29, 0.717) is 18.0 Å². The summed E-state index contributed by atoms with van der Waals surface area (Å²) in [6.07, 6.45) is 1.89. The minimum absolute atomic E-state index is 0.0442. The molecule has 5 heteroatoms. The Hall–Kier alpha value is -0.910. The zero-order valence-corrected chi connectivity index (χ0v) is 13.3. The van der Waals surface area contributed by atoms with Crippen LogP contribution in [0.4, 0.5) is 0 Å². The summed E-state index contributed by atoms with van der Waals surface area (Å²) in [5.74, 6) is 0.270. The van der Waals surface area contributed by atoms with Crippen LogP contribution < -0.4 is 5.73 Å². The summed E-state index contributed by atoms with van der Waals surface area (Å²) >= 11 is 0. The van der Waals surface area contributed by atoms with Crippen LogP contribution in [0.2, 0.25) is 0 Å². The first-order valence-corrected chi connectivity index (χ1v) is 8.59. The number of benzene rings is 1. The van der Waals surface area contributed by atoms with Gasteiger partial charge in [-0.1, -0.05) is 12.1 Å². The van der Waals surface area contributed by atoms with Crippen LogP contribution in [0.25, 0.3) is 0 Å². The van der Waals surface area contributed by atoms with Gasteiger partial charge >= 0.3 is 0 Å². The maximum Gasteiger partial charge on any atom is 0.243 e. The molecular weight excluding hydrogens is 272 g/mol. The summed E-state index contributed by atoms with van der Waals surface area (Å²) in [5.41, 5.74) is 7.50. The molecule has 4 nitrogen and oxygen atoms in total. The van der Waals surface area contributed by atoms with Crippen molar-refractivity contribution in [2.45, 2.75) is 44.6 Å². The molecule has 1 saturated heterocycles. The molecule has 2 unspecified atom stereocenters. The Morgan fingerprint density at radius 1 is 1.30 bits per heavy atom. The fraction of sp³-hybridized carbons (Fsp3) is 0.600. The maximum absolute atomic E-state index is 12.9. The molecule has 1 fully saturated rings. The van der Waals surface area contributed by atoms with Crippen molar-refractivity contribution in [2.24, 2.45) is 11.7 Å². The molecule has 1 aliphatic heterocycles. The third kappa shape index (κ3) is 2.90. The summed E-state index contributed by atoms with van der Waals surface area (Å²) in [6, 6.07) is 5.62. The Morgan fingerprint density at radius 2 is 2.00 bits per heavy atom. The van der Waals surface area contributed by atoms with E-state index >= 15 is 0 Å². The van der Waals surface area contributed by atoms with Crippen molar-refractivity contribution in [2.75, 3.05) is 13.1 Å². The molecule has 1 aromatic carbocycles. The second-order valence-electron chi connectivity index (χ2n) is 5.87. The predicted molar refractivity (Wildman–Crippen MR) is 81.0 cm³/mol. The highest BCUT2D eigenvalue weighted by Gasteiger charge is 2.35. The number of aryl methyl sites for hydroxylation is 2. The molecule has 0 saturated carbocycles. The molecule has 2 atom stereocenters. The molecule has 0 radical (unpaired) electrons. The van der Waals surface area contributed by atoms with Crippen molar-refractivity contribution < 1.29 is 8.42 Å². The molecule has 112 valence electrons. The van der Waals surface area contributed by atoms with Crippen molar-refractivity contribution in [3.63, 3.8) is 0 Å². The molecule has 0 aromatic heterocycles. The SMILES string of the molecule is Cc1ccc(C)c(S(=O)(=O)N2CC(CN)CCC2C)c1. The van der Waals surface area contributed by atoms with Gasteiger partial charge in [-0.3, -0.25) is 0 Å². The first-order valence-electron chi connectivity index (χ1n) is 7.15. The van der Waals surface area contributed by atoms with Gasteiger partial charge in [-0.05, 0) is 63.3 Å². The van der Waals surface area contributed by atoms with Gasteiger partial charge < -0.3 is 5.73 Å². The number of hydrogen-bond acceptors (Lipinski definition) is 3. The van der Waals surface area contributed by atoms with E-state index in [1.54, 1.807) is 10.4 Å². The van der Waals surface area contributed by atoms with E-state index in [4.69, 9.17) is 5.73 Å². The van der Waals surface area contributed by atoms with Crippen LogP contribution in [-0.2, 0) is 10.0 Å². The highest BCUT2D eigenvalue weighted by Crippen LogP contribution is 2.29. The van der Waals surface area contributed by atoms with Crippen LogP contribution in [0.1, 0.15) is 30.9 Å². The number of hydrogen-bond donors (Lipinski definition) is 1. The Kier molecular flexibility index (Phi) is 4.52. The molecule has 1 aromatic rings. The zero-order valence-electron chi connectivity index (χ0n) is 12.5. The lowest BCUT2D eigenvalue weighted by Gasteiger charge is -2.36. The third-order valence-electron chi connectivity index (χ3n) is 4.19.